The van der Waals surface area contributed by atoms with E-state index < -0.39 is 42.5 Å². The lowest BCUT2D eigenvalue weighted by Crippen LogP contribution is -2.57. The maximum atomic E-state index is 11.9. The molecule has 25 heavy (non-hydrogen) atoms. The first-order valence-electron chi connectivity index (χ1n) is 8.80. The van der Waals surface area contributed by atoms with Gasteiger partial charge in [0.1, 0.15) is 0 Å². The Bertz CT molecular complexity index is 450. The zero-order chi connectivity index (χ0) is 18.8. The van der Waals surface area contributed by atoms with Gasteiger partial charge >= 0.3 is 17.9 Å². The number of ether oxygens (including phenoxy) is 4. The van der Waals surface area contributed by atoms with E-state index in [1.807, 2.05) is 20.8 Å². The predicted octanol–water partition coefficient (Wildman–Crippen LogP) is 1.47. The van der Waals surface area contributed by atoms with Gasteiger partial charge in [0.15, 0.2) is 24.6 Å². The fourth-order valence-electron chi connectivity index (χ4n) is 2.39. The van der Waals surface area contributed by atoms with Gasteiger partial charge in [-0.1, -0.05) is 20.8 Å². The van der Waals surface area contributed by atoms with Gasteiger partial charge in [-0.05, 0) is 19.3 Å². The van der Waals surface area contributed by atoms with Gasteiger partial charge in [-0.3, -0.25) is 14.4 Å². The number of carbonyl (C=O) groups excluding carboxylic acids is 3. The van der Waals surface area contributed by atoms with Gasteiger partial charge in [-0.15, -0.1) is 0 Å². The number of aliphatic hydroxyl groups is 1. The highest BCUT2D eigenvalue weighted by Crippen LogP contribution is 2.24. The summed E-state index contributed by atoms with van der Waals surface area (Å²) in [6.45, 7) is 5.31. The lowest BCUT2D eigenvalue weighted by atomic mass is 10.0. The van der Waals surface area contributed by atoms with Crippen molar-refractivity contribution in [3.05, 3.63) is 0 Å². The molecule has 0 aromatic heterocycles. The smallest absolute Gasteiger partial charge is 0.306 e. The van der Waals surface area contributed by atoms with E-state index in [4.69, 9.17) is 18.9 Å². The van der Waals surface area contributed by atoms with Crippen LogP contribution in [0.1, 0.15) is 59.3 Å². The molecule has 0 bridgehead atoms. The summed E-state index contributed by atoms with van der Waals surface area (Å²) in [6, 6.07) is 0. The first-order valence-corrected chi connectivity index (χ1v) is 8.80. The van der Waals surface area contributed by atoms with Crippen molar-refractivity contribution in [2.75, 3.05) is 6.61 Å². The monoisotopic (exact) mass is 360 g/mol. The third-order valence-corrected chi connectivity index (χ3v) is 3.58. The van der Waals surface area contributed by atoms with Crippen LogP contribution >= 0.6 is 0 Å². The molecular formula is C17H28O8. The lowest BCUT2D eigenvalue weighted by molar-refractivity contribution is -0.268. The van der Waals surface area contributed by atoms with E-state index in [9.17, 15) is 19.5 Å². The number of carbonyl (C=O) groups is 3. The SMILES string of the molecule is CCCC(=O)O[C@@H]1[C@@H](OC(=O)CCC)[C@H](OC(=O)CCC)CO[C@H]1O. The Hall–Kier alpha value is -1.67. The van der Waals surface area contributed by atoms with Crippen LogP contribution in [0.25, 0.3) is 0 Å². The molecule has 0 aromatic rings. The molecule has 0 aromatic carbocycles. The molecule has 1 aliphatic rings. The number of hydrogen-bond donors (Lipinski definition) is 1. The Morgan fingerprint density at radius 2 is 1.28 bits per heavy atom. The molecule has 8 nitrogen and oxygen atoms in total. The topological polar surface area (TPSA) is 108 Å². The van der Waals surface area contributed by atoms with Crippen LogP contribution in [0.2, 0.25) is 0 Å². The molecule has 4 atom stereocenters. The summed E-state index contributed by atoms with van der Waals surface area (Å²) < 4.78 is 21.0. The fourth-order valence-corrected chi connectivity index (χ4v) is 2.39. The van der Waals surface area contributed by atoms with Crippen LogP contribution in [0.3, 0.4) is 0 Å². The molecular weight excluding hydrogens is 332 g/mol. The third-order valence-electron chi connectivity index (χ3n) is 3.58. The zero-order valence-corrected chi connectivity index (χ0v) is 15.1. The number of aliphatic hydroxyl groups excluding tert-OH is 1. The van der Waals surface area contributed by atoms with E-state index >= 15 is 0 Å². The van der Waals surface area contributed by atoms with Gasteiger partial charge in [0.05, 0.1) is 6.61 Å². The molecule has 0 radical (unpaired) electrons. The lowest BCUT2D eigenvalue weighted by Gasteiger charge is -2.38. The standard InChI is InChI=1S/C17H28O8/c1-4-7-12(18)23-11-10-22-17(21)16(25-14(20)9-6-3)15(11)24-13(19)8-5-2/h11,15-17,21H,4-10H2,1-3H3/t11-,15+,16-,17-/m1/s1. The van der Waals surface area contributed by atoms with E-state index in [1.165, 1.54) is 0 Å². The molecule has 0 aliphatic carbocycles. The quantitative estimate of drug-likeness (QED) is 0.486. The van der Waals surface area contributed by atoms with Crippen molar-refractivity contribution in [3.63, 3.8) is 0 Å². The van der Waals surface area contributed by atoms with E-state index in [0.717, 1.165) is 0 Å². The minimum absolute atomic E-state index is 0.150. The molecule has 1 heterocycles. The molecule has 1 saturated heterocycles. The Balaban J connectivity index is 2.91. The summed E-state index contributed by atoms with van der Waals surface area (Å²) in [5.74, 6) is -1.54. The second kappa shape index (κ2) is 11.0. The van der Waals surface area contributed by atoms with E-state index in [0.29, 0.717) is 19.3 Å². The fraction of sp³-hybridized carbons (Fsp3) is 0.824. The van der Waals surface area contributed by atoms with Crippen LogP contribution in [-0.2, 0) is 33.3 Å². The number of esters is 3. The van der Waals surface area contributed by atoms with Gasteiger partial charge in [-0.2, -0.15) is 0 Å². The molecule has 144 valence electrons. The maximum Gasteiger partial charge on any atom is 0.306 e. The molecule has 0 spiro atoms. The number of hydrogen-bond acceptors (Lipinski definition) is 8. The summed E-state index contributed by atoms with van der Waals surface area (Å²) in [7, 11) is 0. The minimum atomic E-state index is -1.46. The van der Waals surface area contributed by atoms with Crippen molar-refractivity contribution < 1.29 is 38.4 Å². The molecule has 0 amide bonds. The van der Waals surface area contributed by atoms with Gasteiger partial charge < -0.3 is 24.1 Å². The van der Waals surface area contributed by atoms with Crippen molar-refractivity contribution in [3.8, 4) is 0 Å². The molecule has 0 unspecified atom stereocenters. The summed E-state index contributed by atoms with van der Waals surface area (Å²) in [5, 5.41) is 10.0. The second-order valence-corrected chi connectivity index (χ2v) is 5.91. The van der Waals surface area contributed by atoms with Crippen molar-refractivity contribution in [1.82, 2.24) is 0 Å². The molecule has 1 fully saturated rings. The van der Waals surface area contributed by atoms with Crippen molar-refractivity contribution >= 4 is 17.9 Å². The van der Waals surface area contributed by atoms with Crippen molar-refractivity contribution in [1.29, 1.82) is 0 Å². The second-order valence-electron chi connectivity index (χ2n) is 5.91. The van der Waals surface area contributed by atoms with E-state index in [1.54, 1.807) is 0 Å². The highest BCUT2D eigenvalue weighted by atomic mass is 16.7. The predicted molar refractivity (Wildman–Crippen MR) is 86.3 cm³/mol. The normalized spacial score (nSPS) is 25.9. The zero-order valence-electron chi connectivity index (χ0n) is 15.1. The first kappa shape index (κ1) is 21.4. The molecule has 0 saturated carbocycles. The molecule has 1 aliphatic heterocycles. The van der Waals surface area contributed by atoms with E-state index in [2.05, 4.69) is 0 Å². The number of rotatable bonds is 9. The Labute approximate surface area is 147 Å². The van der Waals surface area contributed by atoms with Crippen LogP contribution in [0.15, 0.2) is 0 Å². The highest BCUT2D eigenvalue weighted by Gasteiger charge is 2.46. The van der Waals surface area contributed by atoms with E-state index in [-0.39, 0.29) is 25.9 Å². The van der Waals surface area contributed by atoms with Crippen molar-refractivity contribution in [2.45, 2.75) is 83.9 Å². The van der Waals surface area contributed by atoms with Crippen LogP contribution in [-0.4, -0.2) is 54.2 Å². The summed E-state index contributed by atoms with van der Waals surface area (Å²) in [4.78, 5) is 35.5. The van der Waals surface area contributed by atoms with Gasteiger partial charge in [0, 0.05) is 19.3 Å². The van der Waals surface area contributed by atoms with Gasteiger partial charge in [0.2, 0.25) is 0 Å². The third kappa shape index (κ3) is 6.99. The molecule has 8 heteroatoms. The minimum Gasteiger partial charge on any atom is -0.456 e. The van der Waals surface area contributed by atoms with Crippen LogP contribution in [0.5, 0.6) is 0 Å². The highest BCUT2D eigenvalue weighted by molar-refractivity contribution is 5.71. The maximum absolute atomic E-state index is 11.9. The van der Waals surface area contributed by atoms with Gasteiger partial charge in [0.25, 0.3) is 0 Å². The first-order chi connectivity index (χ1) is 11.9. The molecule has 1 N–H and O–H groups in total. The Kier molecular flexibility index (Phi) is 9.44. The van der Waals surface area contributed by atoms with Gasteiger partial charge in [-0.25, -0.2) is 0 Å². The Morgan fingerprint density at radius 1 is 0.840 bits per heavy atom. The summed E-state index contributed by atoms with van der Waals surface area (Å²) >= 11 is 0. The average molecular weight is 360 g/mol. The summed E-state index contributed by atoms with van der Waals surface area (Å²) in [6.07, 6.45) is -2.48. The van der Waals surface area contributed by atoms with Crippen LogP contribution in [0.4, 0.5) is 0 Å². The average Bonchev–Trinajstić information content (AvgIpc) is 2.54. The largest absolute Gasteiger partial charge is 0.456 e. The molecule has 1 rings (SSSR count). The van der Waals surface area contributed by atoms with Crippen LogP contribution < -0.4 is 0 Å². The summed E-state index contributed by atoms with van der Waals surface area (Å²) in [5.41, 5.74) is 0. The van der Waals surface area contributed by atoms with Crippen molar-refractivity contribution in [2.24, 2.45) is 0 Å². The van der Waals surface area contributed by atoms with Crippen LogP contribution in [0, 0.1) is 0 Å². The Morgan fingerprint density at radius 3 is 1.76 bits per heavy atom.